The van der Waals surface area contributed by atoms with Crippen LogP contribution in [0.15, 0.2) is 30.3 Å². The van der Waals surface area contributed by atoms with E-state index in [1.165, 1.54) is 5.56 Å². The van der Waals surface area contributed by atoms with Crippen molar-refractivity contribution in [3.63, 3.8) is 0 Å². The fourth-order valence-electron chi connectivity index (χ4n) is 3.13. The molecule has 6 N–H and O–H groups in total. The molecule has 1 heterocycles. The van der Waals surface area contributed by atoms with Crippen LogP contribution in [0.2, 0.25) is 0 Å². The Kier molecular flexibility index (Phi) is 7.34. The average molecular weight is 352 g/mol. The quantitative estimate of drug-likeness (QED) is 0.354. The third-order valence-corrected chi connectivity index (χ3v) is 4.81. The lowest BCUT2D eigenvalue weighted by Crippen LogP contribution is -2.69. The van der Waals surface area contributed by atoms with Crippen molar-refractivity contribution in [2.24, 2.45) is 0 Å². The van der Waals surface area contributed by atoms with Crippen molar-refractivity contribution < 1.29 is 25.2 Å². The summed E-state index contributed by atoms with van der Waals surface area (Å²) < 4.78 is 0. The second-order valence-corrected chi connectivity index (χ2v) is 6.65. The van der Waals surface area contributed by atoms with Crippen molar-refractivity contribution in [2.75, 3.05) is 13.2 Å². The highest BCUT2D eigenvalue weighted by atomic mass is 16.4. The Morgan fingerprint density at radius 3 is 2.48 bits per heavy atom. The molecule has 0 spiro atoms. The van der Waals surface area contributed by atoms with Gasteiger partial charge in [0.15, 0.2) is 0 Å². The van der Waals surface area contributed by atoms with Crippen molar-refractivity contribution in [2.45, 2.75) is 56.1 Å². The van der Waals surface area contributed by atoms with E-state index in [4.69, 9.17) is 0 Å². The molecule has 1 aliphatic heterocycles. The largest absolute Gasteiger partial charge is 0.395 e. The van der Waals surface area contributed by atoms with Gasteiger partial charge in [-0.05, 0) is 24.3 Å². The standard InChI is InChI=1S/C18H28N2O5/c1-11(12-7-3-2-4-8-12)6-5-9-19-18(25)14-16(23)17(24)15(22)13(10-21)20-14/h2-4,7-8,11,13-17,20-24H,5-6,9-10H2,1H3,(H,19,25)/t11?,13-,14+,15-,16-,17+/m1/s1. The molecule has 1 fully saturated rings. The van der Waals surface area contributed by atoms with Gasteiger partial charge in [0.25, 0.3) is 0 Å². The molecular formula is C18H28N2O5. The van der Waals surface area contributed by atoms with Crippen LogP contribution in [0.1, 0.15) is 31.2 Å². The predicted molar refractivity (Wildman–Crippen MR) is 92.9 cm³/mol. The van der Waals surface area contributed by atoms with E-state index >= 15 is 0 Å². The van der Waals surface area contributed by atoms with Gasteiger partial charge in [-0.2, -0.15) is 0 Å². The van der Waals surface area contributed by atoms with Crippen molar-refractivity contribution in [3.8, 4) is 0 Å². The summed E-state index contributed by atoms with van der Waals surface area (Å²) in [6.45, 7) is 2.14. The van der Waals surface area contributed by atoms with Gasteiger partial charge >= 0.3 is 0 Å². The number of nitrogens with one attached hydrogen (secondary N) is 2. The minimum atomic E-state index is -1.48. The lowest BCUT2D eigenvalue weighted by Gasteiger charge is -2.40. The molecule has 1 aromatic rings. The molecule has 1 aromatic carbocycles. The second-order valence-electron chi connectivity index (χ2n) is 6.65. The number of rotatable bonds is 7. The Morgan fingerprint density at radius 2 is 1.84 bits per heavy atom. The highest BCUT2D eigenvalue weighted by Gasteiger charge is 2.44. The third kappa shape index (κ3) is 4.99. The molecule has 1 saturated heterocycles. The van der Waals surface area contributed by atoms with E-state index in [9.17, 15) is 25.2 Å². The minimum Gasteiger partial charge on any atom is -0.395 e. The first-order chi connectivity index (χ1) is 12.0. The first kappa shape index (κ1) is 19.8. The lowest BCUT2D eigenvalue weighted by atomic mass is 9.90. The summed E-state index contributed by atoms with van der Waals surface area (Å²) in [5.41, 5.74) is 1.25. The van der Waals surface area contributed by atoms with Crippen LogP contribution in [0.3, 0.4) is 0 Å². The summed E-state index contributed by atoms with van der Waals surface area (Å²) in [6.07, 6.45) is -2.55. The molecule has 0 saturated carbocycles. The van der Waals surface area contributed by atoms with E-state index in [2.05, 4.69) is 29.7 Å². The smallest absolute Gasteiger partial charge is 0.239 e. The van der Waals surface area contributed by atoms with Crippen LogP contribution < -0.4 is 10.6 Å². The monoisotopic (exact) mass is 352 g/mol. The topological polar surface area (TPSA) is 122 Å². The Balaban J connectivity index is 1.78. The van der Waals surface area contributed by atoms with Gasteiger partial charge < -0.3 is 25.7 Å². The van der Waals surface area contributed by atoms with Crippen LogP contribution in [-0.2, 0) is 4.79 Å². The molecule has 0 aliphatic carbocycles. The number of hydrogen-bond donors (Lipinski definition) is 6. The number of carbonyl (C=O) groups is 1. The van der Waals surface area contributed by atoms with Gasteiger partial charge in [0.2, 0.25) is 5.91 Å². The van der Waals surface area contributed by atoms with E-state index in [-0.39, 0.29) is 0 Å². The van der Waals surface area contributed by atoms with Crippen molar-refractivity contribution in [1.29, 1.82) is 0 Å². The van der Waals surface area contributed by atoms with Crippen LogP contribution in [-0.4, -0.2) is 69.9 Å². The first-order valence-electron chi connectivity index (χ1n) is 8.69. The maximum absolute atomic E-state index is 12.2. The van der Waals surface area contributed by atoms with E-state index in [1.807, 2.05) is 18.2 Å². The summed E-state index contributed by atoms with van der Waals surface area (Å²) in [5, 5.41) is 44.1. The number of benzene rings is 1. The third-order valence-electron chi connectivity index (χ3n) is 4.81. The molecule has 6 atom stereocenters. The maximum Gasteiger partial charge on any atom is 0.239 e. The number of amides is 1. The number of hydrogen-bond acceptors (Lipinski definition) is 6. The van der Waals surface area contributed by atoms with E-state index in [0.29, 0.717) is 12.5 Å². The molecule has 140 valence electrons. The van der Waals surface area contributed by atoms with E-state index in [0.717, 1.165) is 12.8 Å². The molecule has 1 unspecified atom stereocenters. The van der Waals surface area contributed by atoms with Gasteiger partial charge in [0.05, 0.1) is 12.6 Å². The SMILES string of the molecule is CC(CCCNC(=O)[C@H]1N[C@H](CO)[C@@H](O)[C@H](O)[C@@H]1O)c1ccccc1. The summed E-state index contributed by atoms with van der Waals surface area (Å²) in [4.78, 5) is 12.2. The van der Waals surface area contributed by atoms with E-state index in [1.54, 1.807) is 0 Å². The molecule has 7 nitrogen and oxygen atoms in total. The molecule has 1 aliphatic rings. The molecule has 0 radical (unpaired) electrons. The van der Waals surface area contributed by atoms with Gasteiger partial charge in [-0.1, -0.05) is 37.3 Å². The van der Waals surface area contributed by atoms with Gasteiger partial charge in [-0.25, -0.2) is 0 Å². The normalized spacial score (nSPS) is 30.7. The zero-order valence-corrected chi connectivity index (χ0v) is 14.4. The summed E-state index contributed by atoms with van der Waals surface area (Å²) in [5.74, 6) is -0.0727. The highest BCUT2D eigenvalue weighted by Crippen LogP contribution is 2.20. The second kappa shape index (κ2) is 9.26. The number of aliphatic hydroxyl groups excluding tert-OH is 4. The zero-order chi connectivity index (χ0) is 18.4. The van der Waals surface area contributed by atoms with Crippen molar-refractivity contribution in [3.05, 3.63) is 35.9 Å². The van der Waals surface area contributed by atoms with Crippen LogP contribution in [0.5, 0.6) is 0 Å². The fourth-order valence-corrected chi connectivity index (χ4v) is 3.13. The molecule has 7 heteroatoms. The van der Waals surface area contributed by atoms with Gasteiger partial charge in [0.1, 0.15) is 24.4 Å². The Hall–Kier alpha value is -1.51. The molecule has 0 aromatic heterocycles. The first-order valence-corrected chi connectivity index (χ1v) is 8.69. The number of aliphatic hydroxyl groups is 4. The summed E-state index contributed by atoms with van der Waals surface area (Å²) >= 11 is 0. The van der Waals surface area contributed by atoms with Gasteiger partial charge in [0, 0.05) is 6.54 Å². The minimum absolute atomic E-state index is 0.382. The maximum atomic E-state index is 12.2. The van der Waals surface area contributed by atoms with Crippen LogP contribution in [0.25, 0.3) is 0 Å². The van der Waals surface area contributed by atoms with Crippen LogP contribution in [0, 0.1) is 0 Å². The molecule has 1 amide bonds. The molecule has 25 heavy (non-hydrogen) atoms. The number of piperidine rings is 1. The average Bonchev–Trinajstić information content (AvgIpc) is 2.64. The Morgan fingerprint density at radius 1 is 1.16 bits per heavy atom. The van der Waals surface area contributed by atoms with Crippen LogP contribution in [0.4, 0.5) is 0 Å². The highest BCUT2D eigenvalue weighted by molar-refractivity contribution is 5.82. The lowest BCUT2D eigenvalue weighted by molar-refractivity contribution is -0.145. The molecule has 0 bridgehead atoms. The summed E-state index contributed by atoms with van der Waals surface area (Å²) in [7, 11) is 0. The Labute approximate surface area is 147 Å². The van der Waals surface area contributed by atoms with Crippen LogP contribution >= 0.6 is 0 Å². The van der Waals surface area contributed by atoms with Gasteiger partial charge in [-0.15, -0.1) is 0 Å². The zero-order valence-electron chi connectivity index (χ0n) is 14.4. The molecule has 2 rings (SSSR count). The van der Waals surface area contributed by atoms with Crippen molar-refractivity contribution in [1.82, 2.24) is 10.6 Å². The fraction of sp³-hybridized carbons (Fsp3) is 0.611. The Bertz CT molecular complexity index is 540. The summed E-state index contributed by atoms with van der Waals surface area (Å²) in [6, 6.07) is 8.21. The predicted octanol–water partition coefficient (Wildman–Crippen LogP) is -0.898. The van der Waals surface area contributed by atoms with Crippen molar-refractivity contribution >= 4 is 5.91 Å². The van der Waals surface area contributed by atoms with Gasteiger partial charge in [-0.3, -0.25) is 10.1 Å². The number of carbonyl (C=O) groups excluding carboxylic acids is 1. The van der Waals surface area contributed by atoms with E-state index < -0.39 is 42.9 Å². The molecular weight excluding hydrogens is 324 g/mol.